The summed E-state index contributed by atoms with van der Waals surface area (Å²) < 4.78 is 24.1. The summed E-state index contributed by atoms with van der Waals surface area (Å²) in [7, 11) is 1.59. The zero-order chi connectivity index (χ0) is 13.7. The summed E-state index contributed by atoms with van der Waals surface area (Å²) in [6.45, 7) is -0.184. The fourth-order valence-corrected chi connectivity index (χ4v) is 1.56. The largest absolute Gasteiger partial charge is 0.497 e. The second-order valence-electron chi connectivity index (χ2n) is 3.88. The Kier molecular flexibility index (Phi) is 4.30. The third kappa shape index (κ3) is 3.20. The van der Waals surface area contributed by atoms with Gasteiger partial charge in [-0.2, -0.15) is 0 Å². The maximum Gasteiger partial charge on any atom is 0.251 e. The Bertz CT molecular complexity index is 543. The van der Waals surface area contributed by atoms with E-state index in [1.165, 1.54) is 12.3 Å². The van der Waals surface area contributed by atoms with Crippen LogP contribution in [0.5, 0.6) is 11.6 Å². The minimum Gasteiger partial charge on any atom is -0.497 e. The summed E-state index contributed by atoms with van der Waals surface area (Å²) in [5, 5.41) is 8.95. The molecule has 0 atom stereocenters. The van der Waals surface area contributed by atoms with Crippen molar-refractivity contribution >= 4 is 0 Å². The Balaban J connectivity index is 2.05. The molecule has 1 heterocycles. The van der Waals surface area contributed by atoms with Gasteiger partial charge in [-0.15, -0.1) is 0 Å². The number of nitrogens with zero attached hydrogens (tertiary/aromatic N) is 1. The van der Waals surface area contributed by atoms with Gasteiger partial charge in [-0.05, 0) is 23.8 Å². The van der Waals surface area contributed by atoms with Gasteiger partial charge in [0, 0.05) is 11.8 Å². The highest BCUT2D eigenvalue weighted by molar-refractivity contribution is 5.27. The Labute approximate surface area is 110 Å². The topological polar surface area (TPSA) is 51.6 Å². The third-order valence-corrected chi connectivity index (χ3v) is 2.64. The standard InChI is InChI=1S/C14H14FNO3/c1-18-12-4-2-10(3-5-12)9-19-14-13(15)11(8-17)6-7-16-14/h2-7,17H,8-9H2,1H3. The van der Waals surface area contributed by atoms with Crippen molar-refractivity contribution in [1.29, 1.82) is 0 Å². The van der Waals surface area contributed by atoms with Crippen molar-refractivity contribution < 1.29 is 19.0 Å². The van der Waals surface area contributed by atoms with Crippen LogP contribution in [0.4, 0.5) is 4.39 Å². The number of ether oxygens (including phenoxy) is 2. The van der Waals surface area contributed by atoms with Gasteiger partial charge in [-0.25, -0.2) is 9.37 Å². The van der Waals surface area contributed by atoms with Crippen LogP contribution in [0.3, 0.4) is 0 Å². The van der Waals surface area contributed by atoms with E-state index in [-0.39, 0.29) is 24.7 Å². The minimum atomic E-state index is -0.626. The first-order valence-corrected chi connectivity index (χ1v) is 5.74. The van der Waals surface area contributed by atoms with Gasteiger partial charge in [0.25, 0.3) is 5.88 Å². The molecule has 1 aromatic heterocycles. The van der Waals surface area contributed by atoms with Gasteiger partial charge in [-0.1, -0.05) is 12.1 Å². The summed E-state index contributed by atoms with van der Waals surface area (Å²) in [6, 6.07) is 8.66. The van der Waals surface area contributed by atoms with E-state index in [0.29, 0.717) is 0 Å². The molecular formula is C14H14FNO3. The van der Waals surface area contributed by atoms with Gasteiger partial charge in [0.05, 0.1) is 13.7 Å². The van der Waals surface area contributed by atoms with Crippen molar-refractivity contribution in [1.82, 2.24) is 4.98 Å². The van der Waals surface area contributed by atoms with Gasteiger partial charge >= 0.3 is 0 Å². The highest BCUT2D eigenvalue weighted by Crippen LogP contribution is 2.19. The van der Waals surface area contributed by atoms with Crippen LogP contribution < -0.4 is 9.47 Å². The van der Waals surface area contributed by atoms with E-state index in [1.807, 2.05) is 12.1 Å². The van der Waals surface area contributed by atoms with Crippen LogP contribution in [0.1, 0.15) is 11.1 Å². The molecule has 0 spiro atoms. The first kappa shape index (κ1) is 13.3. The Morgan fingerprint density at radius 2 is 1.95 bits per heavy atom. The maximum atomic E-state index is 13.7. The molecule has 0 saturated heterocycles. The van der Waals surface area contributed by atoms with Crippen LogP contribution in [-0.2, 0) is 13.2 Å². The zero-order valence-electron chi connectivity index (χ0n) is 10.5. The molecule has 0 saturated carbocycles. The molecular weight excluding hydrogens is 249 g/mol. The highest BCUT2D eigenvalue weighted by atomic mass is 19.1. The molecule has 0 radical (unpaired) electrons. The SMILES string of the molecule is COc1ccc(COc2nccc(CO)c2F)cc1. The average Bonchev–Trinajstić information content (AvgIpc) is 2.47. The van der Waals surface area contributed by atoms with E-state index in [9.17, 15) is 4.39 Å². The van der Waals surface area contributed by atoms with Gasteiger partial charge in [-0.3, -0.25) is 0 Å². The van der Waals surface area contributed by atoms with Gasteiger partial charge < -0.3 is 14.6 Å². The Hall–Kier alpha value is -2.14. The second-order valence-corrected chi connectivity index (χ2v) is 3.88. The molecule has 4 nitrogen and oxygen atoms in total. The lowest BCUT2D eigenvalue weighted by Gasteiger charge is -2.08. The molecule has 5 heteroatoms. The predicted molar refractivity (Wildman–Crippen MR) is 67.4 cm³/mol. The zero-order valence-corrected chi connectivity index (χ0v) is 10.5. The summed E-state index contributed by atoms with van der Waals surface area (Å²) in [6.07, 6.45) is 1.40. The Morgan fingerprint density at radius 1 is 1.21 bits per heavy atom. The van der Waals surface area contributed by atoms with Crippen LogP contribution in [0.2, 0.25) is 0 Å². The lowest BCUT2D eigenvalue weighted by Crippen LogP contribution is -2.02. The summed E-state index contributed by atoms with van der Waals surface area (Å²) in [5.74, 6) is 0.0104. The van der Waals surface area contributed by atoms with Crippen molar-refractivity contribution in [2.24, 2.45) is 0 Å². The van der Waals surface area contributed by atoms with Crippen LogP contribution in [0.15, 0.2) is 36.5 Å². The predicted octanol–water partition coefficient (Wildman–Crippen LogP) is 2.30. The van der Waals surface area contributed by atoms with Crippen LogP contribution >= 0.6 is 0 Å². The first-order valence-electron chi connectivity index (χ1n) is 5.74. The van der Waals surface area contributed by atoms with E-state index in [4.69, 9.17) is 14.6 Å². The average molecular weight is 263 g/mol. The molecule has 2 aromatic rings. The van der Waals surface area contributed by atoms with Crippen LogP contribution in [0.25, 0.3) is 0 Å². The summed E-state index contributed by atoms with van der Waals surface area (Å²) in [4.78, 5) is 3.80. The van der Waals surface area contributed by atoms with Gasteiger partial charge in [0.1, 0.15) is 12.4 Å². The Morgan fingerprint density at radius 3 is 2.58 bits per heavy atom. The second kappa shape index (κ2) is 6.15. The number of pyridine rings is 1. The van der Waals surface area contributed by atoms with Crippen molar-refractivity contribution in [3.05, 3.63) is 53.5 Å². The molecule has 0 amide bonds. The lowest BCUT2D eigenvalue weighted by atomic mass is 10.2. The molecule has 1 aromatic carbocycles. The number of hydrogen-bond donors (Lipinski definition) is 1. The molecule has 100 valence electrons. The van der Waals surface area contributed by atoms with E-state index < -0.39 is 5.82 Å². The number of rotatable bonds is 5. The maximum absolute atomic E-state index is 13.7. The van der Waals surface area contributed by atoms with Gasteiger partial charge in [0.15, 0.2) is 5.82 Å². The number of hydrogen-bond acceptors (Lipinski definition) is 4. The number of benzene rings is 1. The fraction of sp³-hybridized carbons (Fsp3) is 0.214. The molecule has 0 aliphatic carbocycles. The van der Waals surface area contributed by atoms with E-state index in [2.05, 4.69) is 4.98 Å². The van der Waals surface area contributed by atoms with Crippen molar-refractivity contribution in [2.75, 3.05) is 7.11 Å². The van der Waals surface area contributed by atoms with Gasteiger partial charge in [0.2, 0.25) is 0 Å². The highest BCUT2D eigenvalue weighted by Gasteiger charge is 2.10. The molecule has 0 fully saturated rings. The number of halogens is 1. The lowest BCUT2D eigenvalue weighted by molar-refractivity contribution is 0.256. The number of aliphatic hydroxyl groups is 1. The quantitative estimate of drug-likeness (QED) is 0.899. The molecule has 19 heavy (non-hydrogen) atoms. The molecule has 0 aliphatic heterocycles. The molecule has 0 bridgehead atoms. The molecule has 2 rings (SSSR count). The molecule has 0 unspecified atom stereocenters. The van der Waals surface area contributed by atoms with Crippen LogP contribution in [-0.4, -0.2) is 17.2 Å². The normalized spacial score (nSPS) is 10.3. The van der Waals surface area contributed by atoms with Crippen LogP contribution in [0, 0.1) is 5.82 Å². The first-order chi connectivity index (χ1) is 9.24. The van der Waals surface area contributed by atoms with Crippen molar-refractivity contribution in [3.8, 4) is 11.6 Å². The summed E-state index contributed by atoms with van der Waals surface area (Å²) in [5.41, 5.74) is 1.04. The molecule has 1 N–H and O–H groups in total. The monoisotopic (exact) mass is 263 g/mol. The van der Waals surface area contributed by atoms with E-state index in [1.54, 1.807) is 19.2 Å². The number of aromatic nitrogens is 1. The number of methoxy groups -OCH3 is 1. The minimum absolute atomic E-state index is 0.109. The third-order valence-electron chi connectivity index (χ3n) is 2.64. The summed E-state index contributed by atoms with van der Waals surface area (Å²) >= 11 is 0. The van der Waals surface area contributed by atoms with E-state index >= 15 is 0 Å². The fourth-order valence-electron chi connectivity index (χ4n) is 1.56. The van der Waals surface area contributed by atoms with Crippen molar-refractivity contribution in [3.63, 3.8) is 0 Å². The van der Waals surface area contributed by atoms with E-state index in [0.717, 1.165) is 11.3 Å². The smallest absolute Gasteiger partial charge is 0.251 e. The molecule has 0 aliphatic rings. The van der Waals surface area contributed by atoms with Crippen molar-refractivity contribution in [2.45, 2.75) is 13.2 Å². The number of aliphatic hydroxyl groups excluding tert-OH is 1.